The zero-order valence-electron chi connectivity index (χ0n) is 10.6. The number of ether oxygens (including phenoxy) is 1. The van der Waals surface area contributed by atoms with E-state index in [-0.39, 0.29) is 6.10 Å². The van der Waals surface area contributed by atoms with Crippen LogP contribution in [-0.2, 0) is 11.3 Å². The van der Waals surface area contributed by atoms with Gasteiger partial charge in [0.2, 0.25) is 0 Å². The lowest BCUT2D eigenvalue weighted by Gasteiger charge is -2.31. The van der Waals surface area contributed by atoms with Crippen molar-refractivity contribution < 1.29 is 4.74 Å². The van der Waals surface area contributed by atoms with E-state index in [1.807, 2.05) is 28.9 Å². The van der Waals surface area contributed by atoms with Gasteiger partial charge in [-0.1, -0.05) is 11.6 Å². The summed E-state index contributed by atoms with van der Waals surface area (Å²) in [5.74, 6) is 0. The molecule has 5 nitrogen and oxygen atoms in total. The summed E-state index contributed by atoms with van der Waals surface area (Å²) in [7, 11) is 0. The number of nitrogens with zero attached hydrogens (tertiary/aromatic N) is 3. The Hall–Kier alpha value is -1.14. The Morgan fingerprint density at radius 3 is 3.16 bits per heavy atom. The third kappa shape index (κ3) is 2.90. The van der Waals surface area contributed by atoms with Gasteiger partial charge in [-0.2, -0.15) is 0 Å². The van der Waals surface area contributed by atoms with Gasteiger partial charge in [-0.3, -0.25) is 4.90 Å². The van der Waals surface area contributed by atoms with Crippen LogP contribution in [0, 0.1) is 0 Å². The molecule has 2 aromatic heterocycles. The first kappa shape index (κ1) is 12.9. The van der Waals surface area contributed by atoms with E-state index in [9.17, 15) is 0 Å². The molecule has 0 spiro atoms. The molecule has 0 radical (unpaired) electrons. The Bertz CT molecular complexity index is 571. The van der Waals surface area contributed by atoms with Gasteiger partial charge >= 0.3 is 0 Å². The molecule has 1 saturated heterocycles. The zero-order chi connectivity index (χ0) is 13.2. The second-order valence-electron chi connectivity index (χ2n) is 4.81. The second kappa shape index (κ2) is 5.46. The summed E-state index contributed by atoms with van der Waals surface area (Å²) in [6.07, 6.45) is 4.03. The lowest BCUT2D eigenvalue weighted by Crippen LogP contribution is -2.45. The molecule has 1 aliphatic rings. The van der Waals surface area contributed by atoms with Crippen LogP contribution >= 0.6 is 11.6 Å². The summed E-state index contributed by atoms with van der Waals surface area (Å²) in [4.78, 5) is 6.91. The first-order valence-electron chi connectivity index (χ1n) is 6.42. The van der Waals surface area contributed by atoms with Gasteiger partial charge in [-0.25, -0.2) is 4.98 Å². The van der Waals surface area contributed by atoms with E-state index in [1.165, 1.54) is 0 Å². The van der Waals surface area contributed by atoms with Gasteiger partial charge in [0.15, 0.2) is 0 Å². The van der Waals surface area contributed by atoms with Gasteiger partial charge < -0.3 is 14.9 Å². The molecule has 102 valence electrons. The van der Waals surface area contributed by atoms with Crippen molar-refractivity contribution in [3.63, 3.8) is 0 Å². The molecule has 0 amide bonds. The molecule has 2 aromatic rings. The highest BCUT2D eigenvalue weighted by Crippen LogP contribution is 2.14. The predicted molar refractivity (Wildman–Crippen MR) is 74.3 cm³/mol. The first-order chi connectivity index (χ1) is 9.24. The van der Waals surface area contributed by atoms with Crippen LogP contribution in [0.15, 0.2) is 24.5 Å². The van der Waals surface area contributed by atoms with Crippen LogP contribution in [0.25, 0.3) is 5.65 Å². The van der Waals surface area contributed by atoms with Crippen molar-refractivity contribution in [1.82, 2.24) is 14.3 Å². The van der Waals surface area contributed by atoms with E-state index in [1.54, 1.807) is 0 Å². The van der Waals surface area contributed by atoms with E-state index < -0.39 is 0 Å². The van der Waals surface area contributed by atoms with Gasteiger partial charge in [-0.15, -0.1) is 0 Å². The number of nitrogens with two attached hydrogens (primary N) is 1. The minimum Gasteiger partial charge on any atom is -0.374 e. The van der Waals surface area contributed by atoms with E-state index >= 15 is 0 Å². The van der Waals surface area contributed by atoms with Crippen molar-refractivity contribution >= 4 is 17.2 Å². The third-order valence-corrected chi connectivity index (χ3v) is 3.56. The number of rotatable bonds is 3. The lowest BCUT2D eigenvalue weighted by molar-refractivity contribution is -0.0263. The fraction of sp³-hybridized carbons (Fsp3) is 0.462. The SMILES string of the molecule is NCC1CN(Cc2cn3cc(Cl)ccc3n2)CCO1. The van der Waals surface area contributed by atoms with Gasteiger partial charge in [0, 0.05) is 38.6 Å². The number of halogens is 1. The molecule has 6 heteroatoms. The van der Waals surface area contributed by atoms with Crippen LogP contribution in [-0.4, -0.2) is 46.6 Å². The number of morpholine rings is 1. The number of fused-ring (bicyclic) bond motifs is 1. The fourth-order valence-corrected chi connectivity index (χ4v) is 2.56. The maximum atomic E-state index is 5.97. The van der Waals surface area contributed by atoms with Gasteiger partial charge in [-0.05, 0) is 12.1 Å². The molecule has 1 unspecified atom stereocenters. The van der Waals surface area contributed by atoms with Crippen molar-refractivity contribution in [2.75, 3.05) is 26.2 Å². The van der Waals surface area contributed by atoms with Crippen molar-refractivity contribution in [3.05, 3.63) is 35.2 Å². The second-order valence-corrected chi connectivity index (χ2v) is 5.25. The molecule has 0 aliphatic carbocycles. The maximum absolute atomic E-state index is 5.97. The van der Waals surface area contributed by atoms with Gasteiger partial charge in [0.25, 0.3) is 0 Å². The van der Waals surface area contributed by atoms with Crippen LogP contribution < -0.4 is 5.73 Å². The van der Waals surface area contributed by atoms with Gasteiger partial charge in [0.1, 0.15) is 5.65 Å². The lowest BCUT2D eigenvalue weighted by atomic mass is 10.2. The summed E-state index contributed by atoms with van der Waals surface area (Å²) in [6.45, 7) is 3.91. The van der Waals surface area contributed by atoms with Crippen LogP contribution in [0.3, 0.4) is 0 Å². The summed E-state index contributed by atoms with van der Waals surface area (Å²) in [5.41, 5.74) is 7.61. The summed E-state index contributed by atoms with van der Waals surface area (Å²) < 4.78 is 7.52. The van der Waals surface area contributed by atoms with E-state index in [0.717, 1.165) is 37.6 Å². The minimum atomic E-state index is 0.139. The van der Waals surface area contributed by atoms with Crippen molar-refractivity contribution in [2.24, 2.45) is 5.73 Å². The van der Waals surface area contributed by atoms with Crippen LogP contribution in [0.1, 0.15) is 5.69 Å². The summed E-state index contributed by atoms with van der Waals surface area (Å²) >= 11 is 5.97. The third-order valence-electron chi connectivity index (χ3n) is 3.34. The topological polar surface area (TPSA) is 55.8 Å². The molecular weight excluding hydrogens is 264 g/mol. The van der Waals surface area contributed by atoms with Crippen LogP contribution in [0.4, 0.5) is 0 Å². The average Bonchev–Trinajstić information content (AvgIpc) is 2.80. The van der Waals surface area contributed by atoms with Crippen molar-refractivity contribution in [2.45, 2.75) is 12.6 Å². The van der Waals surface area contributed by atoms with Crippen LogP contribution in [0.5, 0.6) is 0 Å². The fourth-order valence-electron chi connectivity index (χ4n) is 2.39. The van der Waals surface area contributed by atoms with Crippen molar-refractivity contribution in [1.29, 1.82) is 0 Å². The number of hydrogen-bond donors (Lipinski definition) is 1. The number of hydrogen-bond acceptors (Lipinski definition) is 4. The standard InChI is InChI=1S/C13H17ClN4O/c14-10-1-2-13-16-11(8-18(13)6-10)7-17-3-4-19-12(5-15)9-17/h1-2,6,8,12H,3-5,7,9,15H2. The molecule has 0 aromatic carbocycles. The first-order valence-corrected chi connectivity index (χ1v) is 6.79. The molecule has 1 fully saturated rings. The predicted octanol–water partition coefficient (Wildman–Crippen LogP) is 1.15. The number of imidazole rings is 1. The molecule has 3 heterocycles. The monoisotopic (exact) mass is 280 g/mol. The molecule has 19 heavy (non-hydrogen) atoms. The Balaban J connectivity index is 1.74. The van der Waals surface area contributed by atoms with E-state index in [0.29, 0.717) is 11.6 Å². The number of pyridine rings is 1. The minimum absolute atomic E-state index is 0.139. The van der Waals surface area contributed by atoms with E-state index in [4.69, 9.17) is 22.1 Å². The Labute approximate surface area is 116 Å². The molecule has 0 saturated carbocycles. The van der Waals surface area contributed by atoms with Crippen molar-refractivity contribution in [3.8, 4) is 0 Å². The number of aromatic nitrogens is 2. The van der Waals surface area contributed by atoms with Gasteiger partial charge in [0.05, 0.1) is 23.4 Å². The molecule has 1 aliphatic heterocycles. The Morgan fingerprint density at radius 1 is 1.42 bits per heavy atom. The summed E-state index contributed by atoms with van der Waals surface area (Å²) in [5, 5.41) is 0.714. The molecule has 0 bridgehead atoms. The summed E-state index contributed by atoms with van der Waals surface area (Å²) in [6, 6.07) is 3.78. The maximum Gasteiger partial charge on any atom is 0.137 e. The highest BCUT2D eigenvalue weighted by molar-refractivity contribution is 6.30. The highest BCUT2D eigenvalue weighted by Gasteiger charge is 2.19. The highest BCUT2D eigenvalue weighted by atomic mass is 35.5. The zero-order valence-corrected chi connectivity index (χ0v) is 11.4. The molecule has 1 atom stereocenters. The smallest absolute Gasteiger partial charge is 0.137 e. The molecular formula is C13H17ClN4O. The van der Waals surface area contributed by atoms with E-state index in [2.05, 4.69) is 9.88 Å². The quantitative estimate of drug-likeness (QED) is 0.916. The average molecular weight is 281 g/mol. The van der Waals surface area contributed by atoms with Crippen LogP contribution in [0.2, 0.25) is 5.02 Å². The largest absolute Gasteiger partial charge is 0.374 e. The Morgan fingerprint density at radius 2 is 2.32 bits per heavy atom. The molecule has 2 N–H and O–H groups in total. The molecule has 3 rings (SSSR count). The Kier molecular flexibility index (Phi) is 3.70. The normalized spacial score (nSPS) is 21.1.